The van der Waals surface area contributed by atoms with Crippen LogP contribution in [0.1, 0.15) is 25.8 Å². The van der Waals surface area contributed by atoms with Crippen molar-refractivity contribution in [1.82, 2.24) is 5.32 Å². The number of hydrogen-bond donors (Lipinski definition) is 1. The second-order valence-electron chi connectivity index (χ2n) is 5.13. The lowest BCUT2D eigenvalue weighted by Crippen LogP contribution is -2.19. The lowest BCUT2D eigenvalue weighted by Gasteiger charge is -2.12. The van der Waals surface area contributed by atoms with Gasteiger partial charge in [0.2, 0.25) is 0 Å². The molecule has 2 heteroatoms. The zero-order valence-corrected chi connectivity index (χ0v) is 10.1. The molecule has 0 aliphatic heterocycles. The molecule has 16 heavy (non-hydrogen) atoms. The molecule has 2 rings (SSSR count). The first-order chi connectivity index (χ1) is 7.65. The molecule has 2 atom stereocenters. The summed E-state index contributed by atoms with van der Waals surface area (Å²) in [6.07, 6.45) is 2.09. The van der Waals surface area contributed by atoms with E-state index in [1.165, 1.54) is 6.42 Å². The average molecular weight is 221 g/mol. The van der Waals surface area contributed by atoms with Gasteiger partial charge in [0.15, 0.2) is 0 Å². The van der Waals surface area contributed by atoms with E-state index in [0.717, 1.165) is 25.1 Å². The smallest absolute Gasteiger partial charge is 0.126 e. The van der Waals surface area contributed by atoms with Crippen molar-refractivity contribution in [3.05, 3.63) is 35.6 Å². The van der Waals surface area contributed by atoms with Crippen LogP contribution >= 0.6 is 0 Å². The van der Waals surface area contributed by atoms with Gasteiger partial charge >= 0.3 is 0 Å². The van der Waals surface area contributed by atoms with Crippen molar-refractivity contribution >= 4 is 0 Å². The lowest BCUT2D eigenvalue weighted by atomic mass is 9.95. The maximum atomic E-state index is 13.5. The molecule has 1 N–H and O–H groups in total. The van der Waals surface area contributed by atoms with E-state index >= 15 is 0 Å². The summed E-state index contributed by atoms with van der Waals surface area (Å²) in [5.41, 5.74) is 1.17. The highest BCUT2D eigenvalue weighted by molar-refractivity contribution is 5.21. The third-order valence-corrected chi connectivity index (χ3v) is 3.73. The Morgan fingerprint density at radius 1 is 1.44 bits per heavy atom. The van der Waals surface area contributed by atoms with E-state index in [9.17, 15) is 4.39 Å². The molecule has 0 saturated heterocycles. The number of halogens is 1. The van der Waals surface area contributed by atoms with E-state index in [2.05, 4.69) is 19.2 Å². The van der Waals surface area contributed by atoms with Crippen LogP contribution in [0.3, 0.4) is 0 Å². The molecule has 1 aromatic carbocycles. The van der Waals surface area contributed by atoms with Gasteiger partial charge in [0.25, 0.3) is 0 Å². The minimum Gasteiger partial charge on any atom is -0.317 e. The van der Waals surface area contributed by atoms with Crippen LogP contribution < -0.4 is 5.32 Å². The Balaban J connectivity index is 1.94. The van der Waals surface area contributed by atoms with Crippen molar-refractivity contribution in [2.24, 2.45) is 11.3 Å². The molecule has 2 unspecified atom stereocenters. The topological polar surface area (TPSA) is 12.0 Å². The Kier molecular flexibility index (Phi) is 3.29. The van der Waals surface area contributed by atoms with Crippen LogP contribution in [0.2, 0.25) is 0 Å². The van der Waals surface area contributed by atoms with Crippen LogP contribution in [0.15, 0.2) is 24.3 Å². The second-order valence-corrected chi connectivity index (χ2v) is 5.13. The van der Waals surface area contributed by atoms with Crippen molar-refractivity contribution in [2.75, 3.05) is 13.1 Å². The molecule has 0 amide bonds. The highest BCUT2D eigenvalue weighted by atomic mass is 19.1. The van der Waals surface area contributed by atoms with Crippen LogP contribution in [0, 0.1) is 17.2 Å². The number of hydrogen-bond acceptors (Lipinski definition) is 1. The van der Waals surface area contributed by atoms with Gasteiger partial charge in [0.1, 0.15) is 5.82 Å². The summed E-state index contributed by atoms with van der Waals surface area (Å²) in [6.45, 7) is 6.48. The third kappa shape index (κ3) is 2.43. The first kappa shape index (κ1) is 11.6. The lowest BCUT2D eigenvalue weighted by molar-refractivity contribution is 0.468. The largest absolute Gasteiger partial charge is 0.317 e. The molecular weight excluding hydrogens is 201 g/mol. The fraction of sp³-hybridized carbons (Fsp3) is 0.571. The monoisotopic (exact) mass is 221 g/mol. The zero-order valence-electron chi connectivity index (χ0n) is 10.1. The molecule has 88 valence electrons. The summed E-state index contributed by atoms with van der Waals surface area (Å²) in [7, 11) is 0. The summed E-state index contributed by atoms with van der Waals surface area (Å²) >= 11 is 0. The van der Waals surface area contributed by atoms with Crippen molar-refractivity contribution in [1.29, 1.82) is 0 Å². The van der Waals surface area contributed by atoms with E-state index in [4.69, 9.17) is 0 Å². The predicted molar refractivity (Wildman–Crippen MR) is 64.9 cm³/mol. The Bertz CT molecular complexity index is 364. The minimum absolute atomic E-state index is 0.0576. The highest BCUT2D eigenvalue weighted by Crippen LogP contribution is 2.54. The van der Waals surface area contributed by atoms with E-state index in [1.54, 1.807) is 12.1 Å². The average Bonchev–Trinajstić information content (AvgIpc) is 2.90. The number of nitrogens with one attached hydrogen (secondary N) is 1. The van der Waals surface area contributed by atoms with Crippen LogP contribution in [0.5, 0.6) is 0 Å². The van der Waals surface area contributed by atoms with Crippen LogP contribution in [-0.2, 0) is 6.42 Å². The predicted octanol–water partition coefficient (Wildman–Crippen LogP) is 3.00. The zero-order chi connectivity index (χ0) is 11.6. The molecule has 1 saturated carbocycles. The summed E-state index contributed by atoms with van der Waals surface area (Å²) in [5, 5.41) is 3.37. The summed E-state index contributed by atoms with van der Waals surface area (Å²) in [6, 6.07) is 7.14. The van der Waals surface area contributed by atoms with Gasteiger partial charge in [0, 0.05) is 0 Å². The van der Waals surface area contributed by atoms with Crippen molar-refractivity contribution in [3.63, 3.8) is 0 Å². The van der Waals surface area contributed by atoms with Gasteiger partial charge in [-0.05, 0) is 48.9 Å². The van der Waals surface area contributed by atoms with Gasteiger partial charge < -0.3 is 5.32 Å². The highest BCUT2D eigenvalue weighted by Gasteiger charge is 2.49. The van der Waals surface area contributed by atoms with Gasteiger partial charge in [0.05, 0.1) is 0 Å². The molecule has 1 aliphatic rings. The van der Waals surface area contributed by atoms with Crippen molar-refractivity contribution in [2.45, 2.75) is 26.7 Å². The third-order valence-electron chi connectivity index (χ3n) is 3.73. The Morgan fingerprint density at radius 3 is 2.88 bits per heavy atom. The SMILES string of the molecule is CCNCC1CC1(C)Cc1ccccc1F. The molecule has 1 aliphatic carbocycles. The Morgan fingerprint density at radius 2 is 2.19 bits per heavy atom. The van der Waals surface area contributed by atoms with Gasteiger partial charge in [-0.1, -0.05) is 32.0 Å². The summed E-state index contributed by atoms with van der Waals surface area (Å²) < 4.78 is 13.5. The molecule has 0 spiro atoms. The molecule has 0 bridgehead atoms. The number of benzene rings is 1. The van der Waals surface area contributed by atoms with Crippen LogP contribution in [0.4, 0.5) is 4.39 Å². The minimum atomic E-state index is -0.0576. The summed E-state index contributed by atoms with van der Waals surface area (Å²) in [5.74, 6) is 0.657. The molecule has 1 fully saturated rings. The van der Waals surface area contributed by atoms with E-state index < -0.39 is 0 Å². The maximum absolute atomic E-state index is 13.5. The first-order valence-corrected chi connectivity index (χ1v) is 6.10. The maximum Gasteiger partial charge on any atom is 0.126 e. The summed E-state index contributed by atoms with van der Waals surface area (Å²) in [4.78, 5) is 0. The standard InChI is InChI=1S/C14H20FN/c1-3-16-10-12-9-14(12,2)8-11-6-4-5-7-13(11)15/h4-7,12,16H,3,8-10H2,1-2H3. The van der Waals surface area contributed by atoms with E-state index in [0.29, 0.717) is 11.3 Å². The van der Waals surface area contributed by atoms with Crippen LogP contribution in [0.25, 0.3) is 0 Å². The van der Waals surface area contributed by atoms with Gasteiger partial charge in [-0.2, -0.15) is 0 Å². The molecular formula is C14H20FN. The fourth-order valence-corrected chi connectivity index (χ4v) is 2.43. The molecule has 1 aromatic rings. The van der Waals surface area contributed by atoms with Gasteiger partial charge in [-0.15, -0.1) is 0 Å². The van der Waals surface area contributed by atoms with Gasteiger partial charge in [-0.25, -0.2) is 4.39 Å². The second kappa shape index (κ2) is 4.54. The molecule has 0 aromatic heterocycles. The Labute approximate surface area is 97.1 Å². The Hall–Kier alpha value is -0.890. The molecule has 0 radical (unpaired) electrons. The van der Waals surface area contributed by atoms with Crippen molar-refractivity contribution < 1.29 is 4.39 Å². The number of rotatable bonds is 5. The molecule has 1 nitrogen and oxygen atoms in total. The quantitative estimate of drug-likeness (QED) is 0.806. The van der Waals surface area contributed by atoms with E-state index in [-0.39, 0.29) is 5.82 Å². The van der Waals surface area contributed by atoms with Crippen molar-refractivity contribution in [3.8, 4) is 0 Å². The van der Waals surface area contributed by atoms with Crippen LogP contribution in [-0.4, -0.2) is 13.1 Å². The molecule has 0 heterocycles. The fourth-order valence-electron chi connectivity index (χ4n) is 2.43. The normalized spacial score (nSPS) is 28.1. The first-order valence-electron chi connectivity index (χ1n) is 6.10. The van der Waals surface area contributed by atoms with E-state index in [1.807, 2.05) is 12.1 Å². The van der Waals surface area contributed by atoms with Gasteiger partial charge in [-0.3, -0.25) is 0 Å².